The molecule has 0 spiro atoms. The number of nitrogens with zero attached hydrogens (tertiary/aromatic N) is 2. The van der Waals surface area contributed by atoms with Gasteiger partial charge in [0, 0.05) is 34.9 Å². The number of benzene rings is 1. The Labute approximate surface area is 119 Å². The van der Waals surface area contributed by atoms with Gasteiger partial charge in [0.1, 0.15) is 17.5 Å². The van der Waals surface area contributed by atoms with Crippen LogP contribution in [0, 0.1) is 11.6 Å². The van der Waals surface area contributed by atoms with E-state index in [0.717, 1.165) is 12.1 Å². The Bertz CT molecular complexity index is 744. The number of hydrogen-bond acceptors (Lipinski definition) is 3. The van der Waals surface area contributed by atoms with Crippen molar-refractivity contribution in [1.29, 1.82) is 0 Å². The van der Waals surface area contributed by atoms with Crippen molar-refractivity contribution >= 4 is 19.7 Å². The maximum absolute atomic E-state index is 13.6. The molecular weight excluding hydrogens is 310 g/mol. The summed E-state index contributed by atoms with van der Waals surface area (Å²) in [6.45, 7) is 1.83. The van der Waals surface area contributed by atoms with Gasteiger partial charge in [-0.3, -0.25) is 0 Å². The Hall–Kier alpha value is -1.47. The molecular formula is C12H11ClF2N2O2S. The largest absolute Gasteiger partial charge is 0.329 e. The predicted octanol–water partition coefficient (Wildman–Crippen LogP) is 2.70. The van der Waals surface area contributed by atoms with Crippen molar-refractivity contribution in [3.63, 3.8) is 0 Å². The average molecular weight is 321 g/mol. The lowest BCUT2D eigenvalue weighted by atomic mass is 10.2. The molecule has 1 aromatic carbocycles. The van der Waals surface area contributed by atoms with Crippen LogP contribution in [0.3, 0.4) is 0 Å². The molecule has 2 rings (SSSR count). The van der Waals surface area contributed by atoms with Crippen molar-refractivity contribution in [3.8, 4) is 0 Å². The highest BCUT2D eigenvalue weighted by Gasteiger charge is 2.17. The normalized spacial score (nSPS) is 11.8. The van der Waals surface area contributed by atoms with Crippen molar-refractivity contribution in [2.75, 3.05) is 0 Å². The van der Waals surface area contributed by atoms with E-state index in [1.54, 1.807) is 6.92 Å². The zero-order valence-electron chi connectivity index (χ0n) is 10.5. The molecule has 0 atom stereocenters. The lowest BCUT2D eigenvalue weighted by Crippen LogP contribution is -2.05. The molecule has 0 amide bonds. The third kappa shape index (κ3) is 3.16. The molecule has 2 aromatic rings. The van der Waals surface area contributed by atoms with E-state index in [-0.39, 0.29) is 17.1 Å². The summed E-state index contributed by atoms with van der Waals surface area (Å²) in [4.78, 5) is 3.89. The summed E-state index contributed by atoms with van der Waals surface area (Å²) in [6.07, 6.45) is 1.69. The van der Waals surface area contributed by atoms with Gasteiger partial charge >= 0.3 is 0 Å². The van der Waals surface area contributed by atoms with E-state index in [1.165, 1.54) is 16.8 Å². The highest BCUT2D eigenvalue weighted by Crippen LogP contribution is 2.18. The van der Waals surface area contributed by atoms with Crippen molar-refractivity contribution in [3.05, 3.63) is 47.4 Å². The van der Waals surface area contributed by atoms with Crippen molar-refractivity contribution in [1.82, 2.24) is 9.55 Å². The molecule has 0 aliphatic rings. The first-order chi connectivity index (χ1) is 9.31. The maximum Gasteiger partial charge on any atom is 0.280 e. The van der Waals surface area contributed by atoms with E-state index >= 15 is 0 Å². The summed E-state index contributed by atoms with van der Waals surface area (Å²) >= 11 is 0. The first-order valence-electron chi connectivity index (χ1n) is 5.76. The van der Waals surface area contributed by atoms with E-state index in [4.69, 9.17) is 10.7 Å². The molecule has 20 heavy (non-hydrogen) atoms. The van der Waals surface area contributed by atoms with Crippen molar-refractivity contribution < 1.29 is 17.2 Å². The maximum atomic E-state index is 13.6. The van der Waals surface area contributed by atoms with Crippen LogP contribution in [0.1, 0.15) is 18.3 Å². The van der Waals surface area contributed by atoms with Crippen LogP contribution in [-0.2, 0) is 22.0 Å². The molecule has 4 nitrogen and oxygen atoms in total. The fourth-order valence-electron chi connectivity index (χ4n) is 1.80. The third-order valence-corrected chi connectivity index (χ3v) is 3.93. The minimum absolute atomic E-state index is 0.0503. The minimum atomic E-state index is -3.94. The fraction of sp³-hybridized carbons (Fsp3) is 0.250. The van der Waals surface area contributed by atoms with Gasteiger partial charge in [0.2, 0.25) is 0 Å². The monoisotopic (exact) mass is 320 g/mol. The Morgan fingerprint density at radius 1 is 1.35 bits per heavy atom. The number of hydrogen-bond donors (Lipinski definition) is 0. The number of aryl methyl sites for hydroxylation is 1. The molecule has 1 aromatic heterocycles. The van der Waals surface area contributed by atoms with Gasteiger partial charge in [-0.05, 0) is 6.07 Å². The molecule has 0 fully saturated rings. The Morgan fingerprint density at radius 2 is 2.05 bits per heavy atom. The molecule has 1 heterocycles. The van der Waals surface area contributed by atoms with Crippen LogP contribution >= 0.6 is 10.7 Å². The van der Waals surface area contributed by atoms with E-state index in [1.807, 2.05) is 0 Å². The van der Waals surface area contributed by atoms with Gasteiger partial charge in [-0.2, -0.15) is 0 Å². The van der Waals surface area contributed by atoms with Crippen LogP contribution in [0.4, 0.5) is 8.78 Å². The second-order valence-electron chi connectivity index (χ2n) is 4.15. The zero-order chi connectivity index (χ0) is 14.9. The second kappa shape index (κ2) is 5.49. The molecule has 8 heteroatoms. The van der Waals surface area contributed by atoms with E-state index in [2.05, 4.69) is 4.98 Å². The minimum Gasteiger partial charge on any atom is -0.329 e. The summed E-state index contributed by atoms with van der Waals surface area (Å²) in [5.41, 5.74) is 0.233. The summed E-state index contributed by atoms with van der Waals surface area (Å²) in [5.74, 6) is -0.916. The second-order valence-corrected chi connectivity index (χ2v) is 6.66. The molecule has 0 bridgehead atoms. The SMILES string of the molecule is CCc1nc(S(=O)(=O)Cl)cn1Cc1ccc(F)cc1F. The van der Waals surface area contributed by atoms with Gasteiger partial charge < -0.3 is 4.57 Å². The highest BCUT2D eigenvalue weighted by molar-refractivity contribution is 8.13. The van der Waals surface area contributed by atoms with Gasteiger partial charge in [0.15, 0.2) is 5.03 Å². The number of rotatable bonds is 4. The quantitative estimate of drug-likeness (QED) is 0.814. The van der Waals surface area contributed by atoms with Crippen LogP contribution in [-0.4, -0.2) is 18.0 Å². The Kier molecular flexibility index (Phi) is 4.10. The summed E-state index contributed by atoms with van der Waals surface area (Å²) in [5, 5.41) is -0.279. The van der Waals surface area contributed by atoms with Gasteiger partial charge in [-0.1, -0.05) is 13.0 Å². The molecule has 0 saturated carbocycles. The van der Waals surface area contributed by atoms with Crippen LogP contribution in [0.25, 0.3) is 0 Å². The molecule has 0 saturated heterocycles. The Morgan fingerprint density at radius 3 is 2.60 bits per heavy atom. The van der Waals surface area contributed by atoms with Gasteiger partial charge in [-0.25, -0.2) is 22.2 Å². The summed E-state index contributed by atoms with van der Waals surface area (Å²) in [6, 6.07) is 3.22. The lowest BCUT2D eigenvalue weighted by Gasteiger charge is -2.07. The third-order valence-electron chi connectivity index (χ3n) is 2.76. The van der Waals surface area contributed by atoms with Crippen LogP contribution in [0.15, 0.2) is 29.4 Å². The van der Waals surface area contributed by atoms with E-state index < -0.39 is 20.7 Å². The summed E-state index contributed by atoms with van der Waals surface area (Å²) in [7, 11) is 1.29. The standard InChI is InChI=1S/C12H11ClF2N2O2S/c1-2-11-16-12(20(13,18)19)7-17(11)6-8-3-4-9(14)5-10(8)15/h3-5,7H,2,6H2,1H3. The Balaban J connectivity index is 2.40. The van der Waals surface area contributed by atoms with E-state index in [9.17, 15) is 17.2 Å². The molecule has 0 N–H and O–H groups in total. The molecule has 0 radical (unpaired) electrons. The first-order valence-corrected chi connectivity index (χ1v) is 8.07. The highest BCUT2D eigenvalue weighted by atomic mass is 35.7. The van der Waals surface area contributed by atoms with Crippen molar-refractivity contribution in [2.45, 2.75) is 24.9 Å². The van der Waals surface area contributed by atoms with Gasteiger partial charge in [0.05, 0.1) is 6.54 Å². The van der Waals surface area contributed by atoms with Crippen molar-refractivity contribution in [2.24, 2.45) is 0 Å². The van der Waals surface area contributed by atoms with Crippen LogP contribution < -0.4 is 0 Å². The fourth-order valence-corrected chi connectivity index (χ4v) is 2.49. The molecule has 0 aliphatic carbocycles. The average Bonchev–Trinajstić information content (AvgIpc) is 2.75. The summed E-state index contributed by atoms with van der Waals surface area (Å²) < 4.78 is 50.4. The lowest BCUT2D eigenvalue weighted by molar-refractivity contribution is 0.564. The molecule has 0 unspecified atom stereocenters. The van der Waals surface area contributed by atoms with Gasteiger partial charge in [0.25, 0.3) is 9.05 Å². The number of aromatic nitrogens is 2. The number of halogens is 3. The number of imidazole rings is 1. The predicted molar refractivity (Wildman–Crippen MR) is 70.1 cm³/mol. The van der Waals surface area contributed by atoms with Crippen LogP contribution in [0.2, 0.25) is 0 Å². The first kappa shape index (κ1) is 14.9. The smallest absolute Gasteiger partial charge is 0.280 e. The van der Waals surface area contributed by atoms with Crippen LogP contribution in [0.5, 0.6) is 0 Å². The topological polar surface area (TPSA) is 52.0 Å². The van der Waals surface area contributed by atoms with E-state index in [0.29, 0.717) is 12.2 Å². The molecule has 0 aliphatic heterocycles. The van der Waals surface area contributed by atoms with Gasteiger partial charge in [-0.15, -0.1) is 0 Å². The molecule has 108 valence electrons. The zero-order valence-corrected chi connectivity index (χ0v) is 12.0.